The first-order chi connectivity index (χ1) is 9.58. The van der Waals surface area contributed by atoms with Crippen LogP contribution in [0.4, 0.5) is 0 Å². The molecule has 20 heavy (non-hydrogen) atoms. The quantitative estimate of drug-likeness (QED) is 0.825. The standard InChI is InChI=1S/C17H23NO2/c1-13(2)10-11-18-12-14(6-5-9-17(19)20)15-7-3-4-8-16(15)18/h3-4,7-8,12-13H,5-6,9-11H2,1-2H3,(H,19,20). The second-order valence-corrected chi connectivity index (χ2v) is 5.79. The lowest BCUT2D eigenvalue weighted by atomic mass is 10.1. The lowest BCUT2D eigenvalue weighted by Crippen LogP contribution is -2.00. The highest BCUT2D eigenvalue weighted by molar-refractivity contribution is 5.84. The molecule has 2 rings (SSSR count). The van der Waals surface area contributed by atoms with E-state index in [0.717, 1.165) is 19.4 Å². The van der Waals surface area contributed by atoms with E-state index in [0.29, 0.717) is 12.3 Å². The molecular formula is C17H23NO2. The Morgan fingerprint density at radius 3 is 2.75 bits per heavy atom. The van der Waals surface area contributed by atoms with Crippen molar-refractivity contribution in [1.29, 1.82) is 0 Å². The maximum Gasteiger partial charge on any atom is 0.303 e. The van der Waals surface area contributed by atoms with Crippen molar-refractivity contribution >= 4 is 16.9 Å². The monoisotopic (exact) mass is 273 g/mol. The number of aromatic nitrogens is 1. The van der Waals surface area contributed by atoms with E-state index in [4.69, 9.17) is 5.11 Å². The normalized spacial score (nSPS) is 11.3. The van der Waals surface area contributed by atoms with Gasteiger partial charge in [0, 0.05) is 30.1 Å². The van der Waals surface area contributed by atoms with Gasteiger partial charge in [-0.2, -0.15) is 0 Å². The van der Waals surface area contributed by atoms with E-state index in [-0.39, 0.29) is 6.42 Å². The number of nitrogens with zero attached hydrogens (tertiary/aromatic N) is 1. The van der Waals surface area contributed by atoms with Crippen LogP contribution >= 0.6 is 0 Å². The molecule has 0 aliphatic carbocycles. The first kappa shape index (κ1) is 14.6. The van der Waals surface area contributed by atoms with Gasteiger partial charge in [0.2, 0.25) is 0 Å². The maximum atomic E-state index is 10.6. The summed E-state index contributed by atoms with van der Waals surface area (Å²) in [6.45, 7) is 5.50. The Labute approximate surface area is 120 Å². The maximum absolute atomic E-state index is 10.6. The molecule has 1 N–H and O–H groups in total. The van der Waals surface area contributed by atoms with Crippen LogP contribution in [-0.2, 0) is 17.8 Å². The van der Waals surface area contributed by atoms with Crippen molar-refractivity contribution in [3.8, 4) is 0 Å². The van der Waals surface area contributed by atoms with E-state index in [9.17, 15) is 4.79 Å². The van der Waals surface area contributed by atoms with Crippen molar-refractivity contribution in [2.45, 2.75) is 46.1 Å². The van der Waals surface area contributed by atoms with Crippen LogP contribution in [0.1, 0.15) is 38.7 Å². The molecule has 108 valence electrons. The van der Waals surface area contributed by atoms with Crippen molar-refractivity contribution < 1.29 is 9.90 Å². The Balaban J connectivity index is 2.19. The molecule has 0 spiro atoms. The van der Waals surface area contributed by atoms with Crippen LogP contribution in [0.2, 0.25) is 0 Å². The number of hydrogen-bond donors (Lipinski definition) is 1. The van der Waals surface area contributed by atoms with Gasteiger partial charge in [-0.05, 0) is 36.8 Å². The second kappa shape index (κ2) is 6.60. The molecule has 0 aliphatic heterocycles. The van der Waals surface area contributed by atoms with Gasteiger partial charge in [0.1, 0.15) is 0 Å². The van der Waals surface area contributed by atoms with E-state index in [2.05, 4.69) is 48.9 Å². The molecule has 0 aliphatic rings. The van der Waals surface area contributed by atoms with Crippen LogP contribution in [0.5, 0.6) is 0 Å². The SMILES string of the molecule is CC(C)CCn1cc(CCCC(=O)O)c2ccccc21. The van der Waals surface area contributed by atoms with Crippen LogP contribution in [0.3, 0.4) is 0 Å². The molecule has 3 heteroatoms. The van der Waals surface area contributed by atoms with E-state index in [1.807, 2.05) is 0 Å². The number of rotatable bonds is 7. The average Bonchev–Trinajstić information content (AvgIpc) is 2.75. The average molecular weight is 273 g/mol. The molecule has 1 aromatic heterocycles. The number of carbonyl (C=O) groups is 1. The minimum Gasteiger partial charge on any atom is -0.481 e. The van der Waals surface area contributed by atoms with Crippen LogP contribution in [0, 0.1) is 5.92 Å². The fourth-order valence-corrected chi connectivity index (χ4v) is 2.53. The molecule has 2 aromatic rings. The van der Waals surface area contributed by atoms with Gasteiger partial charge in [0.05, 0.1) is 0 Å². The summed E-state index contributed by atoms with van der Waals surface area (Å²) in [5.74, 6) is -0.0276. The van der Waals surface area contributed by atoms with Gasteiger partial charge in [0.15, 0.2) is 0 Å². The number of aliphatic carboxylic acids is 1. The zero-order chi connectivity index (χ0) is 14.5. The molecule has 0 bridgehead atoms. The Hall–Kier alpha value is -1.77. The third-order valence-electron chi connectivity index (χ3n) is 3.66. The molecule has 0 saturated heterocycles. The fraction of sp³-hybridized carbons (Fsp3) is 0.471. The summed E-state index contributed by atoms with van der Waals surface area (Å²) in [6.07, 6.45) is 5.14. The predicted octanol–water partition coefficient (Wildman–Crippen LogP) is 4.09. The number of carboxylic acids is 1. The van der Waals surface area contributed by atoms with Crippen LogP contribution in [0.15, 0.2) is 30.5 Å². The number of benzene rings is 1. The van der Waals surface area contributed by atoms with Crippen LogP contribution in [-0.4, -0.2) is 15.6 Å². The van der Waals surface area contributed by atoms with Gasteiger partial charge in [-0.1, -0.05) is 32.0 Å². The van der Waals surface area contributed by atoms with Crippen LogP contribution < -0.4 is 0 Å². The van der Waals surface area contributed by atoms with Crippen molar-refractivity contribution in [2.75, 3.05) is 0 Å². The molecule has 0 amide bonds. The van der Waals surface area contributed by atoms with Gasteiger partial charge in [0.25, 0.3) is 0 Å². The Bertz CT molecular complexity index is 584. The molecule has 0 saturated carbocycles. The highest BCUT2D eigenvalue weighted by Gasteiger charge is 2.09. The van der Waals surface area contributed by atoms with E-state index < -0.39 is 5.97 Å². The topological polar surface area (TPSA) is 42.2 Å². The highest BCUT2D eigenvalue weighted by Crippen LogP contribution is 2.23. The van der Waals surface area contributed by atoms with Crippen molar-refractivity contribution in [2.24, 2.45) is 5.92 Å². The van der Waals surface area contributed by atoms with E-state index in [1.54, 1.807) is 0 Å². The second-order valence-electron chi connectivity index (χ2n) is 5.79. The van der Waals surface area contributed by atoms with Crippen molar-refractivity contribution in [3.05, 3.63) is 36.0 Å². The molecule has 0 fully saturated rings. The van der Waals surface area contributed by atoms with Gasteiger partial charge < -0.3 is 9.67 Å². The summed E-state index contributed by atoms with van der Waals surface area (Å²) in [7, 11) is 0. The first-order valence-corrected chi connectivity index (χ1v) is 7.36. The third kappa shape index (κ3) is 3.62. The van der Waals surface area contributed by atoms with Crippen molar-refractivity contribution in [1.82, 2.24) is 4.57 Å². The smallest absolute Gasteiger partial charge is 0.303 e. The van der Waals surface area contributed by atoms with Gasteiger partial charge in [-0.25, -0.2) is 0 Å². The van der Waals surface area contributed by atoms with Gasteiger partial charge >= 0.3 is 5.97 Å². The van der Waals surface area contributed by atoms with Gasteiger partial charge in [-0.3, -0.25) is 4.79 Å². The van der Waals surface area contributed by atoms with Gasteiger partial charge in [-0.15, -0.1) is 0 Å². The summed E-state index contributed by atoms with van der Waals surface area (Å²) >= 11 is 0. The first-order valence-electron chi connectivity index (χ1n) is 7.36. The minimum absolute atomic E-state index is 0.242. The number of para-hydroxylation sites is 1. The Morgan fingerprint density at radius 2 is 2.05 bits per heavy atom. The van der Waals surface area contributed by atoms with E-state index in [1.165, 1.54) is 16.5 Å². The number of fused-ring (bicyclic) bond motifs is 1. The molecule has 0 atom stereocenters. The molecular weight excluding hydrogens is 250 g/mol. The molecule has 1 heterocycles. The molecule has 1 aromatic carbocycles. The minimum atomic E-state index is -0.714. The number of aryl methyl sites for hydroxylation is 2. The van der Waals surface area contributed by atoms with Crippen molar-refractivity contribution in [3.63, 3.8) is 0 Å². The summed E-state index contributed by atoms with van der Waals surface area (Å²) in [6, 6.07) is 8.40. The summed E-state index contributed by atoms with van der Waals surface area (Å²) in [5.41, 5.74) is 2.53. The zero-order valence-corrected chi connectivity index (χ0v) is 12.3. The predicted molar refractivity (Wildman–Crippen MR) is 82.0 cm³/mol. The van der Waals surface area contributed by atoms with Crippen LogP contribution in [0.25, 0.3) is 10.9 Å². The molecule has 3 nitrogen and oxygen atoms in total. The highest BCUT2D eigenvalue weighted by atomic mass is 16.4. The Kier molecular flexibility index (Phi) is 4.83. The molecule has 0 unspecified atom stereocenters. The number of hydrogen-bond acceptors (Lipinski definition) is 1. The lowest BCUT2D eigenvalue weighted by Gasteiger charge is -2.07. The number of carboxylic acid groups (broad SMARTS) is 1. The summed E-state index contributed by atoms with van der Waals surface area (Å²) in [5, 5.41) is 10.0. The molecule has 0 radical (unpaired) electrons. The lowest BCUT2D eigenvalue weighted by molar-refractivity contribution is -0.137. The summed E-state index contributed by atoms with van der Waals surface area (Å²) < 4.78 is 2.31. The fourth-order valence-electron chi connectivity index (χ4n) is 2.53. The zero-order valence-electron chi connectivity index (χ0n) is 12.3. The largest absolute Gasteiger partial charge is 0.481 e. The third-order valence-corrected chi connectivity index (χ3v) is 3.66. The van der Waals surface area contributed by atoms with E-state index >= 15 is 0 Å². The Morgan fingerprint density at radius 1 is 1.30 bits per heavy atom. The summed E-state index contributed by atoms with van der Waals surface area (Å²) in [4.78, 5) is 10.6.